The molecule has 1 saturated carbocycles. The third-order valence-corrected chi connectivity index (χ3v) is 4.58. The number of carbonyl (C=O) groups excluding carboxylic acids is 1. The van der Waals surface area contributed by atoms with Crippen LogP contribution < -0.4 is 0 Å². The highest BCUT2D eigenvalue weighted by Gasteiger charge is 2.19. The van der Waals surface area contributed by atoms with Crippen LogP contribution in [0.3, 0.4) is 0 Å². The van der Waals surface area contributed by atoms with Crippen molar-refractivity contribution in [2.75, 3.05) is 0 Å². The Labute approximate surface area is 115 Å². The minimum absolute atomic E-state index is 0.285. The summed E-state index contributed by atoms with van der Waals surface area (Å²) in [5.74, 6) is 1.04. The fraction of sp³-hybridized carbons (Fsp3) is 0.500. The molecule has 0 bridgehead atoms. The second-order valence-electron chi connectivity index (χ2n) is 5.96. The molecule has 3 rings (SSSR count). The minimum Gasteiger partial charge on any atom is -0.294 e. The van der Waals surface area contributed by atoms with Crippen LogP contribution in [0.4, 0.5) is 0 Å². The molecule has 2 aliphatic rings. The van der Waals surface area contributed by atoms with Crippen LogP contribution in [0.1, 0.15) is 73.2 Å². The highest BCUT2D eigenvalue weighted by molar-refractivity contribution is 5.97. The van der Waals surface area contributed by atoms with Crippen molar-refractivity contribution in [3.63, 3.8) is 0 Å². The van der Waals surface area contributed by atoms with E-state index in [9.17, 15) is 4.79 Å². The third-order valence-electron chi connectivity index (χ3n) is 4.58. The maximum atomic E-state index is 12.2. The molecule has 0 amide bonds. The summed E-state index contributed by atoms with van der Waals surface area (Å²) in [4.78, 5) is 12.2. The Morgan fingerprint density at radius 1 is 1.05 bits per heavy atom. The van der Waals surface area contributed by atoms with Crippen molar-refractivity contribution in [1.29, 1.82) is 0 Å². The number of ketones is 1. The van der Waals surface area contributed by atoms with E-state index in [1.165, 1.54) is 43.2 Å². The number of hydrogen-bond acceptors (Lipinski definition) is 1. The molecule has 0 heterocycles. The second kappa shape index (κ2) is 5.73. The molecule has 1 nitrogen and oxygen atoms in total. The average molecular weight is 254 g/mol. The first kappa shape index (κ1) is 12.7. The van der Waals surface area contributed by atoms with Crippen LogP contribution in [-0.4, -0.2) is 5.78 Å². The molecule has 1 aromatic carbocycles. The van der Waals surface area contributed by atoms with Crippen LogP contribution in [0.5, 0.6) is 0 Å². The quantitative estimate of drug-likeness (QED) is 0.544. The van der Waals surface area contributed by atoms with Gasteiger partial charge in [0, 0.05) is 12.0 Å². The van der Waals surface area contributed by atoms with Crippen molar-refractivity contribution < 1.29 is 4.79 Å². The molecule has 19 heavy (non-hydrogen) atoms. The summed E-state index contributed by atoms with van der Waals surface area (Å²) in [6.45, 7) is 0. The highest BCUT2D eigenvalue weighted by atomic mass is 16.1. The molecule has 0 saturated heterocycles. The van der Waals surface area contributed by atoms with E-state index in [2.05, 4.69) is 18.2 Å². The Bertz CT molecular complexity index is 477. The van der Waals surface area contributed by atoms with E-state index in [-0.39, 0.29) is 5.78 Å². The van der Waals surface area contributed by atoms with Crippen molar-refractivity contribution in [3.05, 3.63) is 47.0 Å². The predicted octanol–water partition coefficient (Wildman–Crippen LogP) is 5.03. The van der Waals surface area contributed by atoms with Gasteiger partial charge in [-0.1, -0.05) is 42.3 Å². The Morgan fingerprint density at radius 3 is 2.42 bits per heavy atom. The number of hydrogen-bond donors (Lipinski definition) is 0. The largest absolute Gasteiger partial charge is 0.294 e. The molecular formula is C18H22O. The van der Waals surface area contributed by atoms with Crippen LogP contribution in [0.15, 0.2) is 35.9 Å². The van der Waals surface area contributed by atoms with Crippen molar-refractivity contribution in [2.24, 2.45) is 0 Å². The van der Waals surface area contributed by atoms with E-state index in [0.29, 0.717) is 6.42 Å². The van der Waals surface area contributed by atoms with Gasteiger partial charge in [-0.05, 0) is 50.0 Å². The molecule has 0 aromatic heterocycles. The summed E-state index contributed by atoms with van der Waals surface area (Å²) < 4.78 is 0. The van der Waals surface area contributed by atoms with Crippen LogP contribution in [-0.2, 0) is 0 Å². The van der Waals surface area contributed by atoms with Crippen molar-refractivity contribution in [2.45, 2.75) is 57.3 Å². The fourth-order valence-electron chi connectivity index (χ4n) is 3.06. The highest BCUT2D eigenvalue weighted by Crippen LogP contribution is 2.36. The lowest BCUT2D eigenvalue weighted by Gasteiger charge is -2.25. The predicted molar refractivity (Wildman–Crippen MR) is 78.5 cm³/mol. The zero-order valence-electron chi connectivity index (χ0n) is 11.5. The number of rotatable bonds is 4. The van der Waals surface area contributed by atoms with Gasteiger partial charge >= 0.3 is 0 Å². The van der Waals surface area contributed by atoms with Gasteiger partial charge in [-0.15, -0.1) is 0 Å². The fourth-order valence-corrected chi connectivity index (χ4v) is 3.06. The number of benzene rings is 1. The second-order valence-corrected chi connectivity index (χ2v) is 5.96. The summed E-state index contributed by atoms with van der Waals surface area (Å²) in [7, 11) is 0. The number of allylic oxidation sites excluding steroid dienone is 2. The molecular weight excluding hydrogens is 232 g/mol. The normalized spacial score (nSPS) is 19.7. The van der Waals surface area contributed by atoms with Gasteiger partial charge in [0.05, 0.1) is 0 Å². The molecule has 1 heteroatoms. The summed E-state index contributed by atoms with van der Waals surface area (Å²) in [6, 6.07) is 8.37. The first-order chi connectivity index (χ1) is 9.33. The maximum Gasteiger partial charge on any atom is 0.166 e. The van der Waals surface area contributed by atoms with Crippen molar-refractivity contribution in [1.82, 2.24) is 0 Å². The molecule has 100 valence electrons. The van der Waals surface area contributed by atoms with Crippen LogP contribution in [0, 0.1) is 0 Å². The van der Waals surface area contributed by atoms with Gasteiger partial charge in [-0.25, -0.2) is 0 Å². The third kappa shape index (κ3) is 2.97. The standard InChI is InChI=1S/C18H22O/c19-18(13-14-5-2-1-3-6-14)17-11-9-16(10-12-17)15-7-4-8-15/h5,9-12,15H,1-4,6-8,13H2. The molecule has 0 spiro atoms. The lowest BCUT2D eigenvalue weighted by atomic mass is 9.80. The molecule has 2 aliphatic carbocycles. The van der Waals surface area contributed by atoms with Gasteiger partial charge < -0.3 is 0 Å². The van der Waals surface area contributed by atoms with E-state index >= 15 is 0 Å². The van der Waals surface area contributed by atoms with Crippen molar-refractivity contribution >= 4 is 5.78 Å². The van der Waals surface area contributed by atoms with Gasteiger partial charge in [0.1, 0.15) is 0 Å². The SMILES string of the molecule is O=C(CC1=CCCCC1)c1ccc(C2CCC2)cc1. The summed E-state index contributed by atoms with van der Waals surface area (Å²) in [6.07, 6.45) is 11.7. The Hall–Kier alpha value is -1.37. The van der Waals surface area contributed by atoms with E-state index in [1.807, 2.05) is 12.1 Å². The van der Waals surface area contributed by atoms with Gasteiger partial charge in [-0.3, -0.25) is 4.79 Å². The van der Waals surface area contributed by atoms with Gasteiger partial charge in [0.15, 0.2) is 5.78 Å². The Kier molecular flexibility index (Phi) is 3.82. The number of carbonyl (C=O) groups is 1. The molecule has 0 unspecified atom stereocenters. The zero-order valence-corrected chi connectivity index (χ0v) is 11.5. The molecule has 0 atom stereocenters. The summed E-state index contributed by atoms with van der Waals surface area (Å²) in [5, 5.41) is 0. The zero-order chi connectivity index (χ0) is 13.1. The van der Waals surface area contributed by atoms with E-state index in [4.69, 9.17) is 0 Å². The van der Waals surface area contributed by atoms with Crippen LogP contribution in [0.2, 0.25) is 0 Å². The Morgan fingerprint density at radius 2 is 1.84 bits per heavy atom. The maximum absolute atomic E-state index is 12.2. The monoisotopic (exact) mass is 254 g/mol. The van der Waals surface area contributed by atoms with E-state index in [0.717, 1.165) is 24.3 Å². The lowest BCUT2D eigenvalue weighted by Crippen LogP contribution is -2.09. The first-order valence-corrected chi connectivity index (χ1v) is 7.64. The summed E-state index contributed by atoms with van der Waals surface area (Å²) >= 11 is 0. The number of Topliss-reactive ketones (excluding diaryl/α,β-unsaturated/α-hetero) is 1. The lowest BCUT2D eigenvalue weighted by molar-refractivity contribution is 0.0991. The molecule has 1 aromatic rings. The van der Waals surface area contributed by atoms with Crippen molar-refractivity contribution in [3.8, 4) is 0 Å². The Balaban J connectivity index is 1.64. The van der Waals surface area contributed by atoms with Crippen LogP contribution in [0.25, 0.3) is 0 Å². The van der Waals surface area contributed by atoms with E-state index < -0.39 is 0 Å². The molecule has 0 N–H and O–H groups in total. The van der Waals surface area contributed by atoms with Gasteiger partial charge in [0.2, 0.25) is 0 Å². The van der Waals surface area contributed by atoms with E-state index in [1.54, 1.807) is 0 Å². The minimum atomic E-state index is 0.285. The molecule has 1 fully saturated rings. The van der Waals surface area contributed by atoms with Gasteiger partial charge in [0.25, 0.3) is 0 Å². The smallest absolute Gasteiger partial charge is 0.166 e. The van der Waals surface area contributed by atoms with Gasteiger partial charge in [-0.2, -0.15) is 0 Å². The summed E-state index contributed by atoms with van der Waals surface area (Å²) in [5.41, 5.74) is 3.65. The molecule has 0 aliphatic heterocycles. The molecule has 0 radical (unpaired) electrons. The van der Waals surface area contributed by atoms with Crippen LogP contribution >= 0.6 is 0 Å². The topological polar surface area (TPSA) is 17.1 Å². The first-order valence-electron chi connectivity index (χ1n) is 7.64. The average Bonchev–Trinajstić information content (AvgIpc) is 2.39.